The van der Waals surface area contributed by atoms with Gasteiger partial charge in [-0.05, 0) is 31.5 Å². The number of anilines is 1. The molecule has 2 aromatic rings. The van der Waals surface area contributed by atoms with Crippen LogP contribution in [0.1, 0.15) is 56.1 Å². The smallest absolute Gasteiger partial charge is 0.267 e. The number of benzene rings is 1. The molecular formula is C17H21N3O2S. The Morgan fingerprint density at radius 2 is 1.87 bits per heavy atom. The Hall–Kier alpha value is -2.21. The van der Waals surface area contributed by atoms with Crippen LogP contribution in [0.2, 0.25) is 0 Å². The van der Waals surface area contributed by atoms with Gasteiger partial charge in [0.05, 0.1) is 10.7 Å². The first-order valence-electron chi connectivity index (χ1n) is 7.45. The predicted molar refractivity (Wildman–Crippen MR) is 93.5 cm³/mol. The van der Waals surface area contributed by atoms with E-state index in [-0.39, 0.29) is 11.8 Å². The fourth-order valence-electron chi connectivity index (χ4n) is 2.21. The average Bonchev–Trinajstić information content (AvgIpc) is 2.91. The number of aromatic nitrogens is 1. The summed E-state index contributed by atoms with van der Waals surface area (Å²) in [6.45, 7) is 7.76. The maximum Gasteiger partial charge on any atom is 0.267 e. The Labute approximate surface area is 140 Å². The molecule has 0 spiro atoms. The maximum atomic E-state index is 12.5. The Morgan fingerprint density at radius 3 is 2.43 bits per heavy atom. The molecule has 0 aliphatic heterocycles. The minimum Gasteiger partial charge on any atom is -0.355 e. The summed E-state index contributed by atoms with van der Waals surface area (Å²) in [5, 5.41) is 6.44. The summed E-state index contributed by atoms with van der Waals surface area (Å²) in [6.07, 6.45) is 0. The number of carbonyl (C=O) groups excluding carboxylic acids is 2. The van der Waals surface area contributed by atoms with E-state index in [0.29, 0.717) is 22.0 Å². The van der Waals surface area contributed by atoms with Crippen molar-refractivity contribution in [3.05, 3.63) is 44.9 Å². The molecule has 2 N–H and O–H groups in total. The van der Waals surface area contributed by atoms with Crippen LogP contribution in [0.4, 0.5) is 5.69 Å². The number of nitrogens with one attached hydrogen (secondary N) is 2. The van der Waals surface area contributed by atoms with E-state index < -0.39 is 0 Å². The third-order valence-corrected chi connectivity index (χ3v) is 5.02. The molecule has 23 heavy (non-hydrogen) atoms. The minimum absolute atomic E-state index is 0.172. The van der Waals surface area contributed by atoms with Gasteiger partial charge in [0.25, 0.3) is 11.8 Å². The van der Waals surface area contributed by atoms with Gasteiger partial charge in [-0.1, -0.05) is 19.9 Å². The monoisotopic (exact) mass is 331 g/mol. The fraction of sp³-hybridized carbons (Fsp3) is 0.353. The summed E-state index contributed by atoms with van der Waals surface area (Å²) in [4.78, 5) is 29.4. The number of thiazole rings is 1. The van der Waals surface area contributed by atoms with Crippen LogP contribution in [-0.4, -0.2) is 23.8 Å². The van der Waals surface area contributed by atoms with Gasteiger partial charge in [-0.2, -0.15) is 0 Å². The zero-order valence-corrected chi connectivity index (χ0v) is 14.8. The zero-order chi connectivity index (χ0) is 17.1. The van der Waals surface area contributed by atoms with Crippen molar-refractivity contribution in [3.8, 4) is 0 Å². The Bertz CT molecular complexity index is 750. The lowest BCUT2D eigenvalue weighted by molar-refractivity contribution is 0.0961. The van der Waals surface area contributed by atoms with Crippen LogP contribution in [0.5, 0.6) is 0 Å². The predicted octanol–water partition coefficient (Wildman–Crippen LogP) is 3.50. The summed E-state index contributed by atoms with van der Waals surface area (Å²) in [5.74, 6) is -0.0720. The summed E-state index contributed by atoms with van der Waals surface area (Å²) in [7, 11) is 1.58. The molecule has 0 atom stereocenters. The normalized spacial score (nSPS) is 10.7. The second kappa shape index (κ2) is 6.91. The SMILES string of the molecule is CNC(=O)c1cccc(NC(=O)c2sc(C(C)C)nc2C)c1C. The van der Waals surface area contributed by atoms with E-state index in [2.05, 4.69) is 29.5 Å². The molecule has 0 aliphatic carbocycles. The molecule has 1 aromatic heterocycles. The average molecular weight is 331 g/mol. The van der Waals surface area contributed by atoms with Crippen molar-refractivity contribution in [1.29, 1.82) is 0 Å². The third-order valence-electron chi connectivity index (χ3n) is 3.57. The first-order chi connectivity index (χ1) is 10.8. The lowest BCUT2D eigenvalue weighted by atomic mass is 10.1. The molecule has 0 saturated heterocycles. The van der Waals surface area contributed by atoms with Gasteiger partial charge in [-0.15, -0.1) is 11.3 Å². The van der Waals surface area contributed by atoms with E-state index in [1.54, 1.807) is 25.2 Å². The van der Waals surface area contributed by atoms with Crippen LogP contribution in [0.3, 0.4) is 0 Å². The number of carbonyl (C=O) groups is 2. The maximum absolute atomic E-state index is 12.5. The van der Waals surface area contributed by atoms with Crippen molar-refractivity contribution in [2.45, 2.75) is 33.6 Å². The number of aryl methyl sites for hydroxylation is 1. The lowest BCUT2D eigenvalue weighted by Crippen LogP contribution is -2.20. The Morgan fingerprint density at radius 1 is 1.17 bits per heavy atom. The largest absolute Gasteiger partial charge is 0.355 e. The quantitative estimate of drug-likeness (QED) is 0.901. The first-order valence-corrected chi connectivity index (χ1v) is 8.27. The molecule has 0 saturated carbocycles. The second-order valence-corrected chi connectivity index (χ2v) is 6.66. The van der Waals surface area contributed by atoms with Gasteiger partial charge < -0.3 is 10.6 Å². The molecule has 5 nitrogen and oxygen atoms in total. The molecule has 0 aliphatic rings. The van der Waals surface area contributed by atoms with Crippen molar-refractivity contribution in [2.75, 3.05) is 12.4 Å². The molecule has 0 unspecified atom stereocenters. The van der Waals surface area contributed by atoms with Crippen LogP contribution in [-0.2, 0) is 0 Å². The summed E-state index contributed by atoms with van der Waals surface area (Å²) < 4.78 is 0. The van der Waals surface area contributed by atoms with Crippen LogP contribution < -0.4 is 10.6 Å². The summed E-state index contributed by atoms with van der Waals surface area (Å²) >= 11 is 1.41. The minimum atomic E-state index is -0.191. The summed E-state index contributed by atoms with van der Waals surface area (Å²) in [5.41, 5.74) is 2.66. The van der Waals surface area contributed by atoms with Gasteiger partial charge in [0, 0.05) is 24.2 Å². The van der Waals surface area contributed by atoms with E-state index in [9.17, 15) is 9.59 Å². The molecule has 2 amide bonds. The van der Waals surface area contributed by atoms with Crippen molar-refractivity contribution >= 4 is 28.8 Å². The highest BCUT2D eigenvalue weighted by atomic mass is 32.1. The van der Waals surface area contributed by atoms with Gasteiger partial charge >= 0.3 is 0 Å². The molecular weight excluding hydrogens is 310 g/mol. The first kappa shape index (κ1) is 17.1. The van der Waals surface area contributed by atoms with Crippen molar-refractivity contribution < 1.29 is 9.59 Å². The van der Waals surface area contributed by atoms with Gasteiger partial charge in [0.2, 0.25) is 0 Å². The lowest BCUT2D eigenvalue weighted by Gasteiger charge is -2.11. The van der Waals surface area contributed by atoms with Crippen molar-refractivity contribution in [1.82, 2.24) is 10.3 Å². The number of amides is 2. The Kier molecular flexibility index (Phi) is 5.15. The number of hydrogen-bond donors (Lipinski definition) is 2. The van der Waals surface area contributed by atoms with Crippen LogP contribution in [0.25, 0.3) is 0 Å². The fourth-order valence-corrected chi connectivity index (χ4v) is 3.17. The second-order valence-electron chi connectivity index (χ2n) is 5.63. The molecule has 0 bridgehead atoms. The van der Waals surface area contributed by atoms with Gasteiger partial charge in [0.1, 0.15) is 4.88 Å². The highest BCUT2D eigenvalue weighted by molar-refractivity contribution is 7.14. The van der Waals surface area contributed by atoms with Crippen LogP contribution in [0.15, 0.2) is 18.2 Å². The number of nitrogens with zero attached hydrogens (tertiary/aromatic N) is 1. The highest BCUT2D eigenvalue weighted by Crippen LogP contribution is 2.26. The van der Waals surface area contributed by atoms with E-state index in [1.165, 1.54) is 11.3 Å². The molecule has 1 heterocycles. The number of hydrogen-bond acceptors (Lipinski definition) is 4. The van der Waals surface area contributed by atoms with E-state index >= 15 is 0 Å². The molecule has 6 heteroatoms. The van der Waals surface area contributed by atoms with E-state index in [4.69, 9.17) is 0 Å². The highest BCUT2D eigenvalue weighted by Gasteiger charge is 2.18. The number of rotatable bonds is 4. The van der Waals surface area contributed by atoms with E-state index in [0.717, 1.165) is 16.3 Å². The standard InChI is InChI=1S/C17H21N3O2S/c1-9(2)17-19-11(4)14(23-17)16(22)20-13-8-6-7-12(10(13)3)15(21)18-5/h6-9H,1-5H3,(H,18,21)(H,20,22). The van der Waals surface area contributed by atoms with Gasteiger partial charge in [-0.3, -0.25) is 9.59 Å². The molecule has 122 valence electrons. The summed E-state index contributed by atoms with van der Waals surface area (Å²) in [6, 6.07) is 5.28. The van der Waals surface area contributed by atoms with Gasteiger partial charge in [0.15, 0.2) is 0 Å². The molecule has 1 aromatic carbocycles. The topological polar surface area (TPSA) is 71.1 Å². The van der Waals surface area contributed by atoms with Crippen molar-refractivity contribution in [3.63, 3.8) is 0 Å². The molecule has 0 radical (unpaired) electrons. The van der Waals surface area contributed by atoms with Gasteiger partial charge in [-0.25, -0.2) is 4.98 Å². The third kappa shape index (κ3) is 3.59. The van der Waals surface area contributed by atoms with Crippen molar-refractivity contribution in [2.24, 2.45) is 0 Å². The molecule has 2 rings (SSSR count). The molecule has 0 fully saturated rings. The zero-order valence-electron chi connectivity index (χ0n) is 14.0. The van der Waals surface area contributed by atoms with Crippen LogP contribution in [0, 0.1) is 13.8 Å². The van der Waals surface area contributed by atoms with Crippen LogP contribution >= 0.6 is 11.3 Å². The van der Waals surface area contributed by atoms with E-state index in [1.807, 2.05) is 13.8 Å². The Balaban J connectivity index is 2.29.